The third-order valence-corrected chi connectivity index (χ3v) is 4.54. The lowest BCUT2D eigenvalue weighted by Gasteiger charge is -2.42. The van der Waals surface area contributed by atoms with Crippen LogP contribution in [0.2, 0.25) is 0 Å². The zero-order chi connectivity index (χ0) is 13.2. The number of piperazine rings is 1. The summed E-state index contributed by atoms with van der Waals surface area (Å²) in [7, 11) is 4.31. The average Bonchev–Trinajstić information content (AvgIpc) is 2.67. The molecule has 0 saturated carbocycles. The number of hydrogen-bond acceptors (Lipinski definition) is 4. The molecular formula is C14H30N4. The van der Waals surface area contributed by atoms with E-state index in [1.54, 1.807) is 0 Å². The van der Waals surface area contributed by atoms with E-state index in [-0.39, 0.29) is 0 Å². The van der Waals surface area contributed by atoms with E-state index in [1.807, 2.05) is 0 Å². The fraction of sp³-hybridized carbons (Fsp3) is 1.00. The van der Waals surface area contributed by atoms with Crippen LogP contribution in [0.25, 0.3) is 0 Å². The first-order valence-corrected chi connectivity index (χ1v) is 7.35. The highest BCUT2D eigenvalue weighted by atomic mass is 15.3. The molecule has 18 heavy (non-hydrogen) atoms. The van der Waals surface area contributed by atoms with Gasteiger partial charge in [-0.05, 0) is 40.9 Å². The number of nitrogens with zero attached hydrogens (tertiary/aromatic N) is 3. The van der Waals surface area contributed by atoms with Gasteiger partial charge in [0.15, 0.2) is 0 Å². The molecule has 0 aromatic carbocycles. The third-order valence-electron chi connectivity index (χ3n) is 4.54. The maximum absolute atomic E-state index is 3.63. The van der Waals surface area contributed by atoms with Crippen LogP contribution in [-0.2, 0) is 0 Å². The fourth-order valence-electron chi connectivity index (χ4n) is 3.29. The Labute approximate surface area is 112 Å². The highest BCUT2D eigenvalue weighted by Crippen LogP contribution is 2.25. The predicted molar refractivity (Wildman–Crippen MR) is 77.1 cm³/mol. The molecule has 0 aromatic heterocycles. The lowest BCUT2D eigenvalue weighted by Crippen LogP contribution is -2.57. The number of hydrogen-bond donors (Lipinski definition) is 1. The van der Waals surface area contributed by atoms with Crippen molar-refractivity contribution in [2.45, 2.75) is 31.8 Å². The summed E-state index contributed by atoms with van der Waals surface area (Å²) in [5.41, 5.74) is 0.297. The topological polar surface area (TPSA) is 21.8 Å². The van der Waals surface area contributed by atoms with Gasteiger partial charge in [-0.1, -0.05) is 0 Å². The normalized spacial score (nSPS) is 30.2. The predicted octanol–water partition coefficient (Wildman–Crippen LogP) is 0.306. The van der Waals surface area contributed by atoms with Gasteiger partial charge in [0.1, 0.15) is 0 Å². The summed E-state index contributed by atoms with van der Waals surface area (Å²) in [5, 5.41) is 3.63. The second-order valence-corrected chi connectivity index (χ2v) is 6.63. The maximum Gasteiger partial charge on any atom is 0.0285 e. The van der Waals surface area contributed by atoms with Crippen molar-refractivity contribution < 1.29 is 0 Å². The molecule has 4 heteroatoms. The van der Waals surface area contributed by atoms with Crippen molar-refractivity contribution in [3.8, 4) is 0 Å². The Kier molecular flexibility index (Phi) is 4.64. The van der Waals surface area contributed by atoms with Crippen molar-refractivity contribution in [2.24, 2.45) is 0 Å². The van der Waals surface area contributed by atoms with Gasteiger partial charge in [0.25, 0.3) is 0 Å². The first-order chi connectivity index (χ1) is 8.49. The highest BCUT2D eigenvalue weighted by Gasteiger charge is 2.38. The minimum absolute atomic E-state index is 0.297. The van der Waals surface area contributed by atoms with E-state index in [1.165, 1.54) is 52.2 Å². The van der Waals surface area contributed by atoms with Crippen LogP contribution in [0.1, 0.15) is 20.3 Å². The van der Waals surface area contributed by atoms with Crippen LogP contribution in [0.4, 0.5) is 0 Å². The molecule has 0 radical (unpaired) electrons. The van der Waals surface area contributed by atoms with Gasteiger partial charge in [-0.25, -0.2) is 0 Å². The van der Waals surface area contributed by atoms with E-state index >= 15 is 0 Å². The number of rotatable bonds is 4. The highest BCUT2D eigenvalue weighted by molar-refractivity contribution is 4.99. The quantitative estimate of drug-likeness (QED) is 0.779. The van der Waals surface area contributed by atoms with E-state index in [2.05, 4.69) is 48.0 Å². The first-order valence-electron chi connectivity index (χ1n) is 7.35. The molecule has 2 aliphatic rings. The first kappa shape index (κ1) is 14.3. The summed E-state index contributed by atoms with van der Waals surface area (Å²) in [6.07, 6.45) is 1.31. The molecule has 0 bridgehead atoms. The Balaban J connectivity index is 1.76. The SMILES string of the molecule is CN(C)CCN1CCN(C2CCNC2(C)C)CC1. The van der Waals surface area contributed by atoms with Crippen molar-refractivity contribution in [1.82, 2.24) is 20.0 Å². The van der Waals surface area contributed by atoms with Gasteiger partial charge in [0.05, 0.1) is 0 Å². The molecule has 4 nitrogen and oxygen atoms in total. The van der Waals surface area contributed by atoms with Crippen molar-refractivity contribution in [3.63, 3.8) is 0 Å². The van der Waals surface area contributed by atoms with Gasteiger partial charge in [-0.3, -0.25) is 9.80 Å². The zero-order valence-electron chi connectivity index (χ0n) is 12.6. The van der Waals surface area contributed by atoms with Crippen LogP contribution < -0.4 is 5.32 Å². The van der Waals surface area contributed by atoms with Crippen LogP contribution in [-0.4, -0.2) is 86.2 Å². The van der Waals surface area contributed by atoms with E-state index in [9.17, 15) is 0 Å². The molecule has 106 valence electrons. The van der Waals surface area contributed by atoms with Crippen molar-refractivity contribution in [2.75, 3.05) is 59.9 Å². The Morgan fingerprint density at radius 1 is 1.17 bits per heavy atom. The summed E-state index contributed by atoms with van der Waals surface area (Å²) < 4.78 is 0. The molecule has 0 aromatic rings. The second kappa shape index (κ2) is 5.87. The lowest BCUT2D eigenvalue weighted by atomic mass is 9.95. The van der Waals surface area contributed by atoms with Gasteiger partial charge in [-0.2, -0.15) is 0 Å². The van der Waals surface area contributed by atoms with Crippen LogP contribution >= 0.6 is 0 Å². The standard InChI is InChI=1S/C14H30N4/c1-14(2)13(5-6-15-14)18-11-9-17(10-12-18)8-7-16(3)4/h13,15H,5-12H2,1-4H3. The molecule has 2 saturated heterocycles. The van der Waals surface area contributed by atoms with Gasteiger partial charge in [0.2, 0.25) is 0 Å². The lowest BCUT2D eigenvalue weighted by molar-refractivity contribution is 0.0709. The summed E-state index contributed by atoms with van der Waals surface area (Å²) in [5.74, 6) is 0. The molecule has 2 aliphatic heterocycles. The molecule has 0 spiro atoms. The van der Waals surface area contributed by atoms with Gasteiger partial charge < -0.3 is 10.2 Å². The largest absolute Gasteiger partial charge is 0.310 e. The van der Waals surface area contributed by atoms with Crippen LogP contribution in [0.15, 0.2) is 0 Å². The van der Waals surface area contributed by atoms with E-state index in [0.29, 0.717) is 5.54 Å². The van der Waals surface area contributed by atoms with Crippen LogP contribution in [0.3, 0.4) is 0 Å². The van der Waals surface area contributed by atoms with E-state index in [4.69, 9.17) is 0 Å². The van der Waals surface area contributed by atoms with Crippen molar-refractivity contribution in [3.05, 3.63) is 0 Å². The third kappa shape index (κ3) is 3.44. The molecule has 2 rings (SSSR count). The smallest absolute Gasteiger partial charge is 0.0285 e. The zero-order valence-corrected chi connectivity index (χ0v) is 12.6. The van der Waals surface area contributed by atoms with Gasteiger partial charge in [-0.15, -0.1) is 0 Å². The minimum atomic E-state index is 0.297. The fourth-order valence-corrected chi connectivity index (χ4v) is 3.29. The average molecular weight is 254 g/mol. The second-order valence-electron chi connectivity index (χ2n) is 6.63. The molecule has 2 heterocycles. The van der Waals surface area contributed by atoms with E-state index < -0.39 is 0 Å². The Hall–Kier alpha value is -0.160. The summed E-state index contributed by atoms with van der Waals surface area (Å²) in [6, 6.07) is 0.730. The molecule has 1 atom stereocenters. The summed E-state index contributed by atoms with van der Waals surface area (Å²) in [6.45, 7) is 13.2. The van der Waals surface area contributed by atoms with Crippen molar-refractivity contribution >= 4 is 0 Å². The van der Waals surface area contributed by atoms with Gasteiger partial charge >= 0.3 is 0 Å². The molecule has 2 fully saturated rings. The molecule has 1 unspecified atom stereocenters. The summed E-state index contributed by atoms with van der Waals surface area (Å²) >= 11 is 0. The Bertz CT molecular complexity index is 257. The Morgan fingerprint density at radius 2 is 1.83 bits per heavy atom. The molecule has 0 amide bonds. The van der Waals surface area contributed by atoms with E-state index in [0.717, 1.165) is 6.04 Å². The summed E-state index contributed by atoms with van der Waals surface area (Å²) in [4.78, 5) is 7.58. The van der Waals surface area contributed by atoms with Gasteiger partial charge in [0, 0.05) is 50.8 Å². The molecular weight excluding hydrogens is 224 g/mol. The van der Waals surface area contributed by atoms with Crippen LogP contribution in [0.5, 0.6) is 0 Å². The number of nitrogens with one attached hydrogen (secondary N) is 1. The maximum atomic E-state index is 3.63. The number of likely N-dealkylation sites (N-methyl/N-ethyl adjacent to an activating group) is 1. The molecule has 1 N–H and O–H groups in total. The van der Waals surface area contributed by atoms with Crippen LogP contribution in [0, 0.1) is 0 Å². The minimum Gasteiger partial charge on any atom is -0.310 e. The Morgan fingerprint density at radius 3 is 2.33 bits per heavy atom. The van der Waals surface area contributed by atoms with Crippen molar-refractivity contribution in [1.29, 1.82) is 0 Å². The molecule has 0 aliphatic carbocycles. The monoisotopic (exact) mass is 254 g/mol.